The van der Waals surface area contributed by atoms with Crippen molar-refractivity contribution < 1.29 is 0 Å². The Morgan fingerprint density at radius 2 is 1.92 bits per heavy atom. The molecule has 0 saturated heterocycles. The van der Waals surface area contributed by atoms with E-state index in [0.717, 1.165) is 4.47 Å². The molecule has 0 N–H and O–H groups in total. The molecule has 0 aliphatic carbocycles. The van der Waals surface area contributed by atoms with E-state index in [0.29, 0.717) is 0 Å². The third kappa shape index (κ3) is 2.35. The standard InChI is InChI=1S/C11H11Br/c1-3-4-9(2)10-5-7-11(12)8-6-10/h3-8H,1H2,2H3/b9-4+. The van der Waals surface area contributed by atoms with Gasteiger partial charge in [0, 0.05) is 4.47 Å². The second-order valence-corrected chi connectivity index (χ2v) is 3.51. The van der Waals surface area contributed by atoms with Gasteiger partial charge in [-0.3, -0.25) is 0 Å². The van der Waals surface area contributed by atoms with E-state index >= 15 is 0 Å². The summed E-state index contributed by atoms with van der Waals surface area (Å²) >= 11 is 3.39. The molecular formula is C11H11Br. The molecule has 0 saturated carbocycles. The van der Waals surface area contributed by atoms with Crippen molar-refractivity contribution in [2.45, 2.75) is 6.92 Å². The molecule has 1 aromatic rings. The number of hydrogen-bond donors (Lipinski definition) is 0. The smallest absolute Gasteiger partial charge is 0.0175 e. The van der Waals surface area contributed by atoms with Gasteiger partial charge in [0.15, 0.2) is 0 Å². The Bertz CT molecular complexity index is 293. The van der Waals surface area contributed by atoms with E-state index in [4.69, 9.17) is 0 Å². The van der Waals surface area contributed by atoms with Crippen LogP contribution in [0.15, 0.2) is 47.5 Å². The van der Waals surface area contributed by atoms with Gasteiger partial charge in [0.2, 0.25) is 0 Å². The van der Waals surface area contributed by atoms with Crippen LogP contribution in [-0.4, -0.2) is 0 Å². The Labute approximate surface area is 81.7 Å². The molecule has 0 amide bonds. The molecular weight excluding hydrogens is 212 g/mol. The average molecular weight is 223 g/mol. The lowest BCUT2D eigenvalue weighted by molar-refractivity contribution is 1.54. The summed E-state index contributed by atoms with van der Waals surface area (Å²) < 4.78 is 1.11. The number of halogens is 1. The lowest BCUT2D eigenvalue weighted by Gasteiger charge is -1.99. The van der Waals surface area contributed by atoms with Crippen molar-refractivity contribution in [2.24, 2.45) is 0 Å². The van der Waals surface area contributed by atoms with Crippen LogP contribution in [0.25, 0.3) is 5.57 Å². The molecule has 1 rings (SSSR count). The summed E-state index contributed by atoms with van der Waals surface area (Å²) in [6.45, 7) is 5.73. The first-order valence-electron chi connectivity index (χ1n) is 3.79. The monoisotopic (exact) mass is 222 g/mol. The highest BCUT2D eigenvalue weighted by Gasteiger charge is 1.92. The second-order valence-electron chi connectivity index (χ2n) is 2.59. The van der Waals surface area contributed by atoms with Crippen LogP contribution in [0.5, 0.6) is 0 Å². The summed E-state index contributed by atoms with van der Waals surface area (Å²) in [5.74, 6) is 0. The largest absolute Gasteiger partial charge is 0.0991 e. The predicted octanol–water partition coefficient (Wildman–Crippen LogP) is 4.04. The first-order valence-corrected chi connectivity index (χ1v) is 4.58. The van der Waals surface area contributed by atoms with Gasteiger partial charge in [-0.2, -0.15) is 0 Å². The van der Waals surface area contributed by atoms with Crippen LogP contribution in [0.3, 0.4) is 0 Å². The summed E-state index contributed by atoms with van der Waals surface area (Å²) in [6, 6.07) is 8.24. The van der Waals surface area contributed by atoms with E-state index in [9.17, 15) is 0 Å². The molecule has 62 valence electrons. The van der Waals surface area contributed by atoms with Gasteiger partial charge in [0.05, 0.1) is 0 Å². The van der Waals surface area contributed by atoms with E-state index in [1.54, 1.807) is 6.08 Å². The Morgan fingerprint density at radius 1 is 1.33 bits per heavy atom. The number of rotatable bonds is 2. The van der Waals surface area contributed by atoms with Crippen molar-refractivity contribution >= 4 is 21.5 Å². The van der Waals surface area contributed by atoms with Crippen molar-refractivity contribution in [1.29, 1.82) is 0 Å². The Morgan fingerprint density at radius 3 is 2.42 bits per heavy atom. The Hall–Kier alpha value is -0.820. The molecule has 1 aromatic carbocycles. The topological polar surface area (TPSA) is 0 Å². The van der Waals surface area contributed by atoms with Gasteiger partial charge in [-0.05, 0) is 30.2 Å². The fraction of sp³-hybridized carbons (Fsp3) is 0.0909. The van der Waals surface area contributed by atoms with Crippen LogP contribution in [0.2, 0.25) is 0 Å². The summed E-state index contributed by atoms with van der Waals surface area (Å²) in [6.07, 6.45) is 3.81. The normalized spacial score (nSPS) is 11.3. The molecule has 0 spiro atoms. The molecule has 1 heteroatoms. The van der Waals surface area contributed by atoms with E-state index in [-0.39, 0.29) is 0 Å². The molecule has 0 aliphatic heterocycles. The first kappa shape index (κ1) is 9.27. The maximum atomic E-state index is 3.66. The fourth-order valence-electron chi connectivity index (χ4n) is 0.986. The average Bonchev–Trinajstić information content (AvgIpc) is 2.06. The zero-order chi connectivity index (χ0) is 8.97. The van der Waals surface area contributed by atoms with Crippen LogP contribution in [0, 0.1) is 0 Å². The molecule has 0 unspecified atom stereocenters. The SMILES string of the molecule is C=C/C=C(\C)c1ccc(Br)cc1. The van der Waals surface area contributed by atoms with E-state index in [1.807, 2.05) is 18.2 Å². The van der Waals surface area contributed by atoms with Crippen LogP contribution in [0.4, 0.5) is 0 Å². The lowest BCUT2D eigenvalue weighted by Crippen LogP contribution is -1.77. The summed E-state index contributed by atoms with van der Waals surface area (Å²) in [5.41, 5.74) is 2.47. The number of allylic oxidation sites excluding steroid dienone is 3. The van der Waals surface area contributed by atoms with Crippen LogP contribution in [0.1, 0.15) is 12.5 Å². The van der Waals surface area contributed by atoms with Gasteiger partial charge in [-0.25, -0.2) is 0 Å². The van der Waals surface area contributed by atoms with Crippen molar-refractivity contribution in [2.75, 3.05) is 0 Å². The van der Waals surface area contributed by atoms with Crippen LogP contribution < -0.4 is 0 Å². The summed E-state index contributed by atoms with van der Waals surface area (Å²) in [4.78, 5) is 0. The van der Waals surface area contributed by atoms with Gasteiger partial charge in [0.1, 0.15) is 0 Å². The quantitative estimate of drug-likeness (QED) is 0.663. The second kappa shape index (κ2) is 4.27. The molecule has 0 aliphatic rings. The minimum absolute atomic E-state index is 1.11. The van der Waals surface area contributed by atoms with Crippen molar-refractivity contribution in [3.63, 3.8) is 0 Å². The minimum atomic E-state index is 1.11. The van der Waals surface area contributed by atoms with Crippen molar-refractivity contribution in [1.82, 2.24) is 0 Å². The number of benzene rings is 1. The molecule has 0 bridgehead atoms. The zero-order valence-corrected chi connectivity index (χ0v) is 8.64. The summed E-state index contributed by atoms with van der Waals surface area (Å²) in [7, 11) is 0. The third-order valence-electron chi connectivity index (χ3n) is 1.67. The molecule has 0 radical (unpaired) electrons. The third-order valence-corrected chi connectivity index (χ3v) is 2.20. The highest BCUT2D eigenvalue weighted by atomic mass is 79.9. The van der Waals surface area contributed by atoms with Crippen molar-refractivity contribution in [3.05, 3.63) is 53.0 Å². The molecule has 0 atom stereocenters. The maximum Gasteiger partial charge on any atom is 0.0175 e. The predicted molar refractivity (Wildman–Crippen MR) is 58.0 cm³/mol. The van der Waals surface area contributed by atoms with Gasteiger partial charge < -0.3 is 0 Å². The molecule has 0 heterocycles. The van der Waals surface area contributed by atoms with Gasteiger partial charge >= 0.3 is 0 Å². The first-order chi connectivity index (χ1) is 5.74. The molecule has 0 nitrogen and oxygen atoms in total. The van der Waals surface area contributed by atoms with Crippen LogP contribution >= 0.6 is 15.9 Å². The molecule has 0 aromatic heterocycles. The van der Waals surface area contributed by atoms with Crippen molar-refractivity contribution in [3.8, 4) is 0 Å². The van der Waals surface area contributed by atoms with Crippen LogP contribution in [-0.2, 0) is 0 Å². The Balaban J connectivity index is 2.97. The lowest BCUT2D eigenvalue weighted by atomic mass is 10.1. The van der Waals surface area contributed by atoms with Gasteiger partial charge in [0.25, 0.3) is 0 Å². The highest BCUT2D eigenvalue weighted by molar-refractivity contribution is 9.10. The fourth-order valence-corrected chi connectivity index (χ4v) is 1.25. The summed E-state index contributed by atoms with van der Waals surface area (Å²) in [5, 5.41) is 0. The molecule has 12 heavy (non-hydrogen) atoms. The highest BCUT2D eigenvalue weighted by Crippen LogP contribution is 2.17. The van der Waals surface area contributed by atoms with E-state index in [1.165, 1.54) is 11.1 Å². The zero-order valence-electron chi connectivity index (χ0n) is 7.05. The Kier molecular flexibility index (Phi) is 3.30. The molecule has 0 fully saturated rings. The van der Waals surface area contributed by atoms with Gasteiger partial charge in [-0.15, -0.1) is 0 Å². The minimum Gasteiger partial charge on any atom is -0.0991 e. The maximum absolute atomic E-state index is 3.66. The number of hydrogen-bond acceptors (Lipinski definition) is 0. The van der Waals surface area contributed by atoms with E-state index < -0.39 is 0 Å². The van der Waals surface area contributed by atoms with E-state index in [2.05, 4.69) is 41.6 Å². The van der Waals surface area contributed by atoms with Gasteiger partial charge in [-0.1, -0.05) is 46.8 Å².